The van der Waals surface area contributed by atoms with Gasteiger partial charge in [-0.3, -0.25) is 0 Å². The van der Waals surface area contributed by atoms with Gasteiger partial charge in [-0.1, -0.05) is 6.07 Å². The van der Waals surface area contributed by atoms with E-state index < -0.39 is 0 Å². The molecular weight excluding hydrogens is 220 g/mol. The number of phenols is 1. The van der Waals surface area contributed by atoms with Crippen molar-refractivity contribution in [3.05, 3.63) is 40.1 Å². The number of aromatic hydroxyl groups is 1. The first-order chi connectivity index (χ1) is 7.66. The Balaban J connectivity index is 2.05. The van der Waals surface area contributed by atoms with E-state index >= 15 is 0 Å². The van der Waals surface area contributed by atoms with Gasteiger partial charge in [-0.05, 0) is 30.0 Å². The molecule has 0 saturated carbocycles. The van der Waals surface area contributed by atoms with Crippen molar-refractivity contribution in [2.75, 3.05) is 11.1 Å². The van der Waals surface area contributed by atoms with Crippen molar-refractivity contribution >= 4 is 22.7 Å². The van der Waals surface area contributed by atoms with Gasteiger partial charge in [-0.2, -0.15) is 0 Å². The molecule has 2 aromatic rings. The molecule has 3 nitrogen and oxygen atoms in total. The topological polar surface area (TPSA) is 58.3 Å². The van der Waals surface area contributed by atoms with Crippen molar-refractivity contribution in [2.45, 2.75) is 13.5 Å². The first kappa shape index (κ1) is 10.8. The molecule has 0 fully saturated rings. The van der Waals surface area contributed by atoms with Gasteiger partial charge in [0.2, 0.25) is 0 Å². The number of phenolic OH excluding ortho intramolecular Hbond substituents is 1. The summed E-state index contributed by atoms with van der Waals surface area (Å²) in [6.07, 6.45) is 0. The Kier molecular flexibility index (Phi) is 3.01. The molecule has 2 rings (SSSR count). The molecule has 1 heterocycles. The van der Waals surface area contributed by atoms with E-state index in [2.05, 4.69) is 5.32 Å². The van der Waals surface area contributed by atoms with Crippen LogP contribution in [-0.4, -0.2) is 5.11 Å². The van der Waals surface area contributed by atoms with E-state index in [9.17, 15) is 5.11 Å². The molecule has 0 saturated heterocycles. The summed E-state index contributed by atoms with van der Waals surface area (Å²) in [6.45, 7) is 2.56. The predicted octanol–water partition coefficient (Wildman–Crippen LogP) is 2.96. The maximum atomic E-state index is 9.55. The molecule has 0 radical (unpaired) electrons. The number of hydrogen-bond acceptors (Lipinski definition) is 4. The minimum Gasteiger partial charge on any atom is -0.508 e. The van der Waals surface area contributed by atoms with Crippen LogP contribution in [0.25, 0.3) is 0 Å². The second-order valence-electron chi connectivity index (χ2n) is 3.65. The minimum atomic E-state index is 0.309. The van der Waals surface area contributed by atoms with Crippen molar-refractivity contribution in [3.8, 4) is 5.75 Å². The van der Waals surface area contributed by atoms with Crippen LogP contribution in [0.1, 0.15) is 10.4 Å². The highest BCUT2D eigenvalue weighted by atomic mass is 32.1. The number of nitrogens with two attached hydrogens (primary N) is 1. The van der Waals surface area contributed by atoms with Crippen LogP contribution < -0.4 is 11.1 Å². The number of anilines is 2. The number of benzene rings is 1. The molecule has 0 aliphatic heterocycles. The van der Waals surface area contributed by atoms with Gasteiger partial charge >= 0.3 is 0 Å². The maximum absolute atomic E-state index is 9.55. The second-order valence-corrected chi connectivity index (χ2v) is 4.65. The van der Waals surface area contributed by atoms with E-state index in [1.165, 1.54) is 0 Å². The lowest BCUT2D eigenvalue weighted by Gasteiger charge is -2.07. The number of nitrogens with one attached hydrogen (secondary N) is 1. The fourth-order valence-electron chi connectivity index (χ4n) is 1.40. The first-order valence-electron chi connectivity index (χ1n) is 5.02. The van der Waals surface area contributed by atoms with Crippen LogP contribution in [0.3, 0.4) is 0 Å². The molecule has 1 aromatic carbocycles. The molecule has 16 heavy (non-hydrogen) atoms. The van der Waals surface area contributed by atoms with Crippen LogP contribution in [0.2, 0.25) is 0 Å². The summed E-state index contributed by atoms with van der Waals surface area (Å²) in [7, 11) is 0. The Morgan fingerprint density at radius 3 is 2.81 bits per heavy atom. The zero-order valence-electron chi connectivity index (χ0n) is 9.03. The molecule has 0 aliphatic rings. The van der Waals surface area contributed by atoms with Crippen molar-refractivity contribution < 1.29 is 5.11 Å². The van der Waals surface area contributed by atoms with E-state index in [1.807, 2.05) is 30.5 Å². The van der Waals surface area contributed by atoms with Gasteiger partial charge in [0, 0.05) is 22.3 Å². The summed E-state index contributed by atoms with van der Waals surface area (Å²) >= 11 is 1.63. The third-order valence-corrected chi connectivity index (χ3v) is 3.38. The Hall–Kier alpha value is -1.68. The average molecular weight is 234 g/mol. The highest BCUT2D eigenvalue weighted by Gasteiger charge is 2.01. The molecule has 1 aromatic heterocycles. The van der Waals surface area contributed by atoms with E-state index in [4.69, 9.17) is 5.73 Å². The lowest BCUT2D eigenvalue weighted by Crippen LogP contribution is -1.99. The standard InChI is InChI=1S/C12H14N2OS/c1-8-2-3-9(6-11(8)15)14-7-12-10(13)4-5-16-12/h2-6,14-15H,7,13H2,1H3. The zero-order valence-corrected chi connectivity index (χ0v) is 9.84. The van der Waals surface area contributed by atoms with E-state index in [1.54, 1.807) is 17.4 Å². The van der Waals surface area contributed by atoms with Crippen molar-refractivity contribution in [1.82, 2.24) is 0 Å². The van der Waals surface area contributed by atoms with E-state index in [0.717, 1.165) is 21.8 Å². The Labute approximate surface area is 98.5 Å². The van der Waals surface area contributed by atoms with Crippen LogP contribution in [0.15, 0.2) is 29.6 Å². The Morgan fingerprint density at radius 2 is 2.19 bits per heavy atom. The van der Waals surface area contributed by atoms with Crippen LogP contribution in [0.5, 0.6) is 5.75 Å². The summed E-state index contributed by atoms with van der Waals surface area (Å²) in [4.78, 5) is 1.11. The molecule has 0 spiro atoms. The Bertz CT molecular complexity index is 494. The molecule has 0 aliphatic carbocycles. The number of hydrogen-bond donors (Lipinski definition) is 3. The zero-order chi connectivity index (χ0) is 11.5. The van der Waals surface area contributed by atoms with E-state index in [0.29, 0.717) is 12.3 Å². The summed E-state index contributed by atoms with van der Waals surface area (Å²) in [5, 5.41) is 14.7. The van der Waals surface area contributed by atoms with Gasteiger partial charge in [0.25, 0.3) is 0 Å². The first-order valence-corrected chi connectivity index (χ1v) is 5.90. The molecule has 84 valence electrons. The second kappa shape index (κ2) is 4.45. The highest BCUT2D eigenvalue weighted by molar-refractivity contribution is 7.10. The molecular formula is C12H14N2OS. The van der Waals surface area contributed by atoms with Gasteiger partial charge in [0.1, 0.15) is 5.75 Å². The third-order valence-electron chi connectivity index (χ3n) is 2.44. The van der Waals surface area contributed by atoms with Crippen LogP contribution in [0, 0.1) is 6.92 Å². The minimum absolute atomic E-state index is 0.309. The molecule has 0 atom stereocenters. The average Bonchev–Trinajstić information content (AvgIpc) is 2.66. The van der Waals surface area contributed by atoms with Crippen molar-refractivity contribution in [1.29, 1.82) is 0 Å². The van der Waals surface area contributed by atoms with Gasteiger partial charge in [-0.25, -0.2) is 0 Å². The van der Waals surface area contributed by atoms with Gasteiger partial charge in [0.15, 0.2) is 0 Å². The maximum Gasteiger partial charge on any atom is 0.120 e. The number of aryl methyl sites for hydroxylation is 1. The smallest absolute Gasteiger partial charge is 0.120 e. The number of nitrogen functional groups attached to an aromatic ring is 1. The highest BCUT2D eigenvalue weighted by Crippen LogP contribution is 2.23. The monoisotopic (exact) mass is 234 g/mol. The van der Waals surface area contributed by atoms with Gasteiger partial charge < -0.3 is 16.2 Å². The number of rotatable bonds is 3. The van der Waals surface area contributed by atoms with Crippen LogP contribution in [0.4, 0.5) is 11.4 Å². The SMILES string of the molecule is Cc1ccc(NCc2sccc2N)cc1O. The van der Waals surface area contributed by atoms with Gasteiger partial charge in [-0.15, -0.1) is 11.3 Å². The summed E-state index contributed by atoms with van der Waals surface area (Å²) in [5.41, 5.74) is 8.37. The van der Waals surface area contributed by atoms with Crippen molar-refractivity contribution in [2.24, 2.45) is 0 Å². The molecule has 0 amide bonds. The molecule has 4 heteroatoms. The summed E-state index contributed by atoms with van der Waals surface area (Å²) in [6, 6.07) is 7.45. The lowest BCUT2D eigenvalue weighted by atomic mass is 10.2. The van der Waals surface area contributed by atoms with Crippen molar-refractivity contribution in [3.63, 3.8) is 0 Å². The normalized spacial score (nSPS) is 10.3. The largest absolute Gasteiger partial charge is 0.508 e. The fourth-order valence-corrected chi connectivity index (χ4v) is 2.13. The quantitative estimate of drug-likeness (QED) is 0.765. The lowest BCUT2D eigenvalue weighted by molar-refractivity contribution is 0.471. The number of thiophene rings is 1. The van der Waals surface area contributed by atoms with Crippen LogP contribution in [-0.2, 0) is 6.54 Å². The molecule has 4 N–H and O–H groups in total. The fraction of sp³-hybridized carbons (Fsp3) is 0.167. The van der Waals surface area contributed by atoms with Gasteiger partial charge in [0.05, 0.1) is 6.54 Å². The summed E-state index contributed by atoms with van der Waals surface area (Å²) in [5.74, 6) is 0.309. The molecule has 0 bridgehead atoms. The summed E-state index contributed by atoms with van der Waals surface area (Å²) < 4.78 is 0. The third kappa shape index (κ3) is 2.28. The molecule has 0 unspecified atom stereocenters. The van der Waals surface area contributed by atoms with E-state index in [-0.39, 0.29) is 0 Å². The van der Waals surface area contributed by atoms with Crippen LogP contribution >= 0.6 is 11.3 Å². The predicted molar refractivity (Wildman–Crippen MR) is 68.9 cm³/mol. The Morgan fingerprint density at radius 1 is 1.38 bits per heavy atom.